The highest BCUT2D eigenvalue weighted by atomic mass is 35.5. The van der Waals surface area contributed by atoms with E-state index in [0.717, 1.165) is 22.6 Å². The number of imidazole rings is 1. The number of rotatable bonds is 2. The average molecular weight is 233 g/mol. The van der Waals surface area contributed by atoms with Crippen molar-refractivity contribution in [2.24, 2.45) is 0 Å². The molecule has 0 aliphatic heterocycles. The molecule has 2 rings (SSSR count). The van der Waals surface area contributed by atoms with Gasteiger partial charge in [0.05, 0.1) is 24.0 Å². The molecule has 0 bridgehead atoms. The topological polar surface area (TPSA) is 37.9 Å². The molecule has 1 N–H and O–H groups in total. The van der Waals surface area contributed by atoms with E-state index in [1.165, 1.54) is 0 Å². The third kappa shape index (κ3) is 1.94. The molecule has 14 heavy (non-hydrogen) atoms. The highest BCUT2D eigenvalue weighted by Crippen LogP contribution is 2.18. The molecular formula is C9H10Cl2N2O. The molecular weight excluding hydrogens is 223 g/mol. The molecule has 0 unspecified atom stereocenters. The summed E-state index contributed by atoms with van der Waals surface area (Å²) in [6, 6.07) is 5.68. The van der Waals surface area contributed by atoms with Crippen molar-refractivity contribution in [1.82, 2.24) is 9.97 Å². The molecule has 0 aliphatic rings. The number of ether oxygens (including phenoxy) is 1. The van der Waals surface area contributed by atoms with E-state index in [-0.39, 0.29) is 12.4 Å². The quantitative estimate of drug-likeness (QED) is 0.810. The fraction of sp³-hybridized carbons (Fsp3) is 0.222. The van der Waals surface area contributed by atoms with Crippen LogP contribution in [0.15, 0.2) is 18.2 Å². The smallest absolute Gasteiger partial charge is 0.122 e. The number of halogens is 2. The predicted octanol–water partition coefficient (Wildman–Crippen LogP) is 2.73. The van der Waals surface area contributed by atoms with E-state index in [1.807, 2.05) is 18.2 Å². The van der Waals surface area contributed by atoms with Crippen molar-refractivity contribution in [2.75, 3.05) is 7.11 Å². The second-order valence-electron chi connectivity index (χ2n) is 2.70. The van der Waals surface area contributed by atoms with Crippen molar-refractivity contribution in [1.29, 1.82) is 0 Å². The third-order valence-electron chi connectivity index (χ3n) is 1.86. The number of hydrogen-bond donors (Lipinski definition) is 1. The van der Waals surface area contributed by atoms with Gasteiger partial charge in [0.2, 0.25) is 0 Å². The van der Waals surface area contributed by atoms with E-state index in [1.54, 1.807) is 7.11 Å². The Balaban J connectivity index is 0.000000980. The van der Waals surface area contributed by atoms with Crippen molar-refractivity contribution in [2.45, 2.75) is 5.88 Å². The predicted molar refractivity (Wildman–Crippen MR) is 59.5 cm³/mol. The van der Waals surface area contributed by atoms with Crippen molar-refractivity contribution in [3.63, 3.8) is 0 Å². The Morgan fingerprint density at radius 1 is 1.50 bits per heavy atom. The zero-order valence-corrected chi connectivity index (χ0v) is 9.15. The number of alkyl halides is 1. The molecule has 1 heterocycles. The van der Waals surface area contributed by atoms with E-state index in [2.05, 4.69) is 9.97 Å². The zero-order valence-electron chi connectivity index (χ0n) is 7.58. The van der Waals surface area contributed by atoms with E-state index >= 15 is 0 Å². The van der Waals surface area contributed by atoms with Gasteiger partial charge in [-0.25, -0.2) is 4.98 Å². The van der Waals surface area contributed by atoms with Crippen LogP contribution in [0.5, 0.6) is 5.75 Å². The summed E-state index contributed by atoms with van der Waals surface area (Å²) in [5.74, 6) is 2.00. The summed E-state index contributed by atoms with van der Waals surface area (Å²) >= 11 is 5.65. The maximum atomic E-state index is 5.65. The van der Waals surface area contributed by atoms with Crippen LogP contribution in [-0.4, -0.2) is 17.1 Å². The fourth-order valence-corrected chi connectivity index (χ4v) is 1.36. The first-order valence-electron chi connectivity index (χ1n) is 3.92. The minimum absolute atomic E-state index is 0. The number of methoxy groups -OCH3 is 1. The van der Waals surface area contributed by atoms with Gasteiger partial charge in [-0.1, -0.05) is 0 Å². The lowest BCUT2D eigenvalue weighted by Gasteiger charge is -1.96. The molecule has 0 atom stereocenters. The normalized spacial score (nSPS) is 9.86. The summed E-state index contributed by atoms with van der Waals surface area (Å²) in [5, 5.41) is 0. The van der Waals surface area contributed by atoms with E-state index in [4.69, 9.17) is 16.3 Å². The lowest BCUT2D eigenvalue weighted by atomic mass is 10.3. The molecule has 0 saturated heterocycles. The Hall–Kier alpha value is -0.930. The van der Waals surface area contributed by atoms with Crippen LogP contribution in [0.4, 0.5) is 0 Å². The molecule has 0 fully saturated rings. The standard InChI is InChI=1S/C9H9ClN2O.ClH/c1-13-6-2-3-7-8(4-6)12-9(5-10)11-7;/h2-4H,5H2,1H3,(H,11,12);1H. The van der Waals surface area contributed by atoms with Crippen LogP contribution in [0.1, 0.15) is 5.82 Å². The number of fused-ring (bicyclic) bond motifs is 1. The van der Waals surface area contributed by atoms with Gasteiger partial charge in [-0.3, -0.25) is 0 Å². The molecule has 0 spiro atoms. The van der Waals surface area contributed by atoms with Gasteiger partial charge in [-0.05, 0) is 12.1 Å². The summed E-state index contributed by atoms with van der Waals surface area (Å²) < 4.78 is 5.08. The Morgan fingerprint density at radius 2 is 2.29 bits per heavy atom. The highest BCUT2D eigenvalue weighted by molar-refractivity contribution is 6.16. The highest BCUT2D eigenvalue weighted by Gasteiger charge is 2.01. The van der Waals surface area contributed by atoms with E-state index < -0.39 is 0 Å². The summed E-state index contributed by atoms with van der Waals surface area (Å²) in [6.45, 7) is 0. The first-order chi connectivity index (χ1) is 6.33. The lowest BCUT2D eigenvalue weighted by Crippen LogP contribution is -1.81. The Bertz CT molecular complexity index is 426. The summed E-state index contributed by atoms with van der Waals surface area (Å²) in [4.78, 5) is 7.36. The SMILES string of the molecule is COc1ccc2nc(CCl)[nH]c2c1.Cl. The molecule has 1 aromatic carbocycles. The van der Waals surface area contributed by atoms with Crippen molar-refractivity contribution in [3.05, 3.63) is 24.0 Å². The first kappa shape index (κ1) is 11.1. The Morgan fingerprint density at radius 3 is 2.93 bits per heavy atom. The van der Waals surface area contributed by atoms with Gasteiger partial charge in [0.25, 0.3) is 0 Å². The van der Waals surface area contributed by atoms with Gasteiger partial charge >= 0.3 is 0 Å². The summed E-state index contributed by atoms with van der Waals surface area (Å²) in [7, 11) is 1.64. The lowest BCUT2D eigenvalue weighted by molar-refractivity contribution is 0.415. The number of aromatic amines is 1. The molecule has 5 heteroatoms. The molecule has 0 radical (unpaired) electrons. The molecule has 2 aromatic rings. The molecule has 0 saturated carbocycles. The van der Waals surface area contributed by atoms with E-state index in [0.29, 0.717) is 5.88 Å². The van der Waals surface area contributed by atoms with Gasteiger partial charge in [-0.2, -0.15) is 0 Å². The van der Waals surface area contributed by atoms with Gasteiger partial charge in [-0.15, -0.1) is 24.0 Å². The second-order valence-corrected chi connectivity index (χ2v) is 2.97. The minimum atomic E-state index is 0. The Labute approximate surface area is 92.8 Å². The Kier molecular flexibility index (Phi) is 3.61. The van der Waals surface area contributed by atoms with Crippen LogP contribution < -0.4 is 4.74 Å². The summed E-state index contributed by atoms with van der Waals surface area (Å²) in [6.07, 6.45) is 0. The van der Waals surface area contributed by atoms with Crippen LogP contribution in [0.25, 0.3) is 11.0 Å². The average Bonchev–Trinajstić information content (AvgIpc) is 2.58. The number of nitrogens with one attached hydrogen (secondary N) is 1. The van der Waals surface area contributed by atoms with Gasteiger partial charge in [0.1, 0.15) is 11.6 Å². The van der Waals surface area contributed by atoms with Crippen molar-refractivity contribution >= 4 is 35.0 Å². The van der Waals surface area contributed by atoms with Crippen LogP contribution >= 0.6 is 24.0 Å². The fourth-order valence-electron chi connectivity index (χ4n) is 1.23. The molecule has 1 aromatic heterocycles. The van der Waals surface area contributed by atoms with Crippen molar-refractivity contribution < 1.29 is 4.74 Å². The molecule has 76 valence electrons. The number of hydrogen-bond acceptors (Lipinski definition) is 2. The van der Waals surface area contributed by atoms with Crippen molar-refractivity contribution in [3.8, 4) is 5.75 Å². The molecule has 0 amide bonds. The van der Waals surface area contributed by atoms with Crippen LogP contribution in [0.2, 0.25) is 0 Å². The minimum Gasteiger partial charge on any atom is -0.497 e. The number of nitrogens with zero attached hydrogens (tertiary/aromatic N) is 1. The van der Waals surface area contributed by atoms with Gasteiger partial charge in [0.15, 0.2) is 0 Å². The largest absolute Gasteiger partial charge is 0.497 e. The molecule has 0 aliphatic carbocycles. The number of aromatic nitrogens is 2. The molecule has 3 nitrogen and oxygen atoms in total. The second kappa shape index (κ2) is 4.53. The maximum absolute atomic E-state index is 5.65. The van der Waals surface area contributed by atoms with E-state index in [9.17, 15) is 0 Å². The third-order valence-corrected chi connectivity index (χ3v) is 2.12. The van der Waals surface area contributed by atoms with Gasteiger partial charge in [0, 0.05) is 6.07 Å². The zero-order chi connectivity index (χ0) is 9.26. The van der Waals surface area contributed by atoms with Crippen LogP contribution in [0.3, 0.4) is 0 Å². The monoisotopic (exact) mass is 232 g/mol. The number of benzene rings is 1. The van der Waals surface area contributed by atoms with Crippen LogP contribution in [0, 0.1) is 0 Å². The number of H-pyrrole nitrogens is 1. The first-order valence-corrected chi connectivity index (χ1v) is 4.45. The van der Waals surface area contributed by atoms with Gasteiger partial charge < -0.3 is 9.72 Å². The summed E-state index contributed by atoms with van der Waals surface area (Å²) in [5.41, 5.74) is 1.87. The maximum Gasteiger partial charge on any atom is 0.122 e. The van der Waals surface area contributed by atoms with Crippen LogP contribution in [-0.2, 0) is 5.88 Å².